The fourth-order valence-corrected chi connectivity index (χ4v) is 4.83. The van der Waals surface area contributed by atoms with E-state index in [1.165, 1.54) is 0 Å². The summed E-state index contributed by atoms with van der Waals surface area (Å²) < 4.78 is 0. The fourth-order valence-electron chi connectivity index (χ4n) is 2.42. The summed E-state index contributed by atoms with van der Waals surface area (Å²) in [6.45, 7) is 1.95. The summed E-state index contributed by atoms with van der Waals surface area (Å²) in [5.74, 6) is 4.05. The molecule has 0 amide bonds. The third kappa shape index (κ3) is 3.40. The second kappa shape index (κ2) is 6.79. The minimum Gasteiger partial charge on any atom is -0.299 e. The molecule has 21 heavy (non-hydrogen) atoms. The van der Waals surface area contributed by atoms with Crippen molar-refractivity contribution >= 4 is 40.3 Å². The van der Waals surface area contributed by atoms with E-state index in [-0.39, 0.29) is 5.92 Å². The number of Topliss-reactive ketones (excluding diaryl/α,β-unsaturated/α-hetero) is 1. The molecule has 1 aliphatic heterocycles. The Hall–Kier alpha value is -1.07. The Bertz CT molecular complexity index is 611. The zero-order valence-electron chi connectivity index (χ0n) is 12.0. The molecule has 3 rings (SSSR count). The zero-order chi connectivity index (χ0) is 14.7. The molecule has 0 spiro atoms. The number of fused-ring (bicyclic) bond motifs is 2. The predicted octanol–water partition coefficient (Wildman–Crippen LogP) is 3.71. The monoisotopic (exact) mass is 318 g/mol. The van der Waals surface area contributed by atoms with E-state index in [0.717, 1.165) is 45.4 Å². The van der Waals surface area contributed by atoms with Gasteiger partial charge in [-0.1, -0.05) is 19.1 Å². The Morgan fingerprint density at radius 1 is 1.10 bits per heavy atom. The van der Waals surface area contributed by atoms with Crippen molar-refractivity contribution in [2.45, 2.75) is 24.9 Å². The van der Waals surface area contributed by atoms with E-state index in [4.69, 9.17) is 9.97 Å². The van der Waals surface area contributed by atoms with Crippen LogP contribution in [0.15, 0.2) is 24.3 Å². The molecule has 2 aromatic rings. The molecule has 0 fully saturated rings. The van der Waals surface area contributed by atoms with Crippen molar-refractivity contribution in [2.75, 3.05) is 11.5 Å². The maximum absolute atomic E-state index is 11.9. The quantitative estimate of drug-likeness (QED) is 0.844. The fraction of sp³-hybridized carbons (Fsp3) is 0.438. The number of carbonyl (C=O) groups excluding carboxylic acids is 1. The molecular formula is C16H18N2OS2. The second-order valence-corrected chi connectivity index (χ2v) is 7.21. The topological polar surface area (TPSA) is 42.9 Å². The van der Waals surface area contributed by atoms with Gasteiger partial charge in [-0.2, -0.15) is 23.5 Å². The summed E-state index contributed by atoms with van der Waals surface area (Å²) in [6, 6.07) is 8.01. The zero-order valence-corrected chi connectivity index (χ0v) is 13.7. The van der Waals surface area contributed by atoms with Crippen LogP contribution < -0.4 is 0 Å². The first kappa shape index (κ1) is 14.9. The lowest BCUT2D eigenvalue weighted by Crippen LogP contribution is -2.18. The molecule has 0 saturated heterocycles. The molecule has 5 heteroatoms. The van der Waals surface area contributed by atoms with Gasteiger partial charge in [0.05, 0.1) is 22.4 Å². The van der Waals surface area contributed by atoms with Crippen LogP contribution >= 0.6 is 23.5 Å². The molecule has 1 aromatic carbocycles. The molecule has 3 nitrogen and oxygen atoms in total. The normalized spacial score (nSPS) is 16.8. The van der Waals surface area contributed by atoms with Crippen LogP contribution in [0, 0.1) is 5.92 Å². The highest BCUT2D eigenvalue weighted by molar-refractivity contribution is 7.99. The largest absolute Gasteiger partial charge is 0.299 e. The third-order valence-corrected chi connectivity index (χ3v) is 5.88. The summed E-state index contributed by atoms with van der Waals surface area (Å²) in [5.41, 5.74) is 4.08. The Balaban J connectivity index is 1.86. The molecule has 0 unspecified atom stereocenters. The highest BCUT2D eigenvalue weighted by Crippen LogP contribution is 2.27. The Morgan fingerprint density at radius 2 is 1.62 bits per heavy atom. The van der Waals surface area contributed by atoms with Crippen LogP contribution in [0.3, 0.4) is 0 Å². The first-order valence-electron chi connectivity index (χ1n) is 7.20. The van der Waals surface area contributed by atoms with Gasteiger partial charge in [-0.05, 0) is 12.1 Å². The average Bonchev–Trinajstić information content (AvgIpc) is 2.62. The first-order chi connectivity index (χ1) is 10.3. The molecule has 0 atom stereocenters. The first-order valence-corrected chi connectivity index (χ1v) is 9.51. The Labute approximate surface area is 133 Å². The summed E-state index contributed by atoms with van der Waals surface area (Å²) in [4.78, 5) is 21.5. The van der Waals surface area contributed by atoms with Gasteiger partial charge in [0.15, 0.2) is 0 Å². The molecule has 0 radical (unpaired) electrons. The predicted molar refractivity (Wildman–Crippen MR) is 90.7 cm³/mol. The van der Waals surface area contributed by atoms with E-state index in [1.807, 2.05) is 54.7 Å². The van der Waals surface area contributed by atoms with Gasteiger partial charge < -0.3 is 0 Å². The maximum Gasteiger partial charge on any atom is 0.137 e. The lowest BCUT2D eigenvalue weighted by molar-refractivity contribution is -0.121. The number of benzene rings is 1. The van der Waals surface area contributed by atoms with Gasteiger partial charge >= 0.3 is 0 Å². The highest BCUT2D eigenvalue weighted by Gasteiger charge is 2.20. The van der Waals surface area contributed by atoms with Gasteiger partial charge in [-0.3, -0.25) is 4.79 Å². The molecule has 2 heterocycles. The van der Waals surface area contributed by atoms with Gasteiger partial charge in [0.2, 0.25) is 0 Å². The lowest BCUT2D eigenvalue weighted by Gasteiger charge is -2.12. The Morgan fingerprint density at radius 3 is 2.10 bits per heavy atom. The number of carbonyl (C=O) groups is 1. The van der Waals surface area contributed by atoms with Crippen molar-refractivity contribution in [2.24, 2.45) is 5.92 Å². The lowest BCUT2D eigenvalue weighted by atomic mass is 10.1. The number of aromatic nitrogens is 2. The van der Waals surface area contributed by atoms with Crippen LogP contribution in [-0.4, -0.2) is 27.3 Å². The summed E-state index contributed by atoms with van der Waals surface area (Å²) in [5, 5.41) is 0. The van der Waals surface area contributed by atoms with Crippen LogP contribution in [0.4, 0.5) is 0 Å². The standard InChI is InChI=1S/C16H18N2OS2/c1-2-16(19)11-7-20-9-14-15(10-21-8-11)18-13-6-4-3-5-12(13)17-14/h3-6,11H,2,7-10H2,1H3. The van der Waals surface area contributed by atoms with Crippen molar-refractivity contribution in [1.29, 1.82) is 0 Å². The molecule has 110 valence electrons. The highest BCUT2D eigenvalue weighted by atomic mass is 32.2. The molecule has 0 aliphatic carbocycles. The van der Waals surface area contributed by atoms with Gasteiger partial charge in [0, 0.05) is 35.4 Å². The minimum absolute atomic E-state index is 0.175. The van der Waals surface area contributed by atoms with Gasteiger partial charge in [-0.25, -0.2) is 9.97 Å². The number of ketones is 1. The number of para-hydroxylation sites is 2. The minimum atomic E-state index is 0.175. The second-order valence-electron chi connectivity index (χ2n) is 5.15. The van der Waals surface area contributed by atoms with Gasteiger partial charge in [-0.15, -0.1) is 0 Å². The average molecular weight is 318 g/mol. The van der Waals surface area contributed by atoms with Gasteiger partial charge in [0.1, 0.15) is 5.78 Å². The van der Waals surface area contributed by atoms with Crippen molar-refractivity contribution in [3.05, 3.63) is 35.7 Å². The van der Waals surface area contributed by atoms with Crippen LogP contribution in [0.25, 0.3) is 11.0 Å². The van der Waals surface area contributed by atoms with E-state index in [2.05, 4.69) is 0 Å². The molecule has 1 aromatic heterocycles. The molecule has 0 saturated carbocycles. The molecule has 0 bridgehead atoms. The summed E-state index contributed by atoms with van der Waals surface area (Å²) in [6.07, 6.45) is 0.638. The van der Waals surface area contributed by atoms with Crippen molar-refractivity contribution in [3.8, 4) is 0 Å². The molecular weight excluding hydrogens is 300 g/mol. The molecule has 1 aliphatic rings. The van der Waals surface area contributed by atoms with E-state index < -0.39 is 0 Å². The smallest absolute Gasteiger partial charge is 0.137 e. The number of nitrogens with zero attached hydrogens (tertiary/aromatic N) is 2. The van der Waals surface area contributed by atoms with Crippen LogP contribution in [0.5, 0.6) is 0 Å². The number of hydrogen-bond acceptors (Lipinski definition) is 5. The van der Waals surface area contributed by atoms with Crippen LogP contribution in [-0.2, 0) is 16.3 Å². The van der Waals surface area contributed by atoms with Gasteiger partial charge in [0.25, 0.3) is 0 Å². The summed E-state index contributed by atoms with van der Waals surface area (Å²) in [7, 11) is 0. The maximum atomic E-state index is 11.9. The van der Waals surface area contributed by atoms with Crippen molar-refractivity contribution in [1.82, 2.24) is 9.97 Å². The molecule has 0 N–H and O–H groups in total. The van der Waals surface area contributed by atoms with E-state index in [1.54, 1.807) is 0 Å². The van der Waals surface area contributed by atoms with Crippen LogP contribution in [0.1, 0.15) is 24.7 Å². The number of thioether (sulfide) groups is 2. The van der Waals surface area contributed by atoms with E-state index in [0.29, 0.717) is 12.2 Å². The third-order valence-electron chi connectivity index (χ3n) is 3.65. The Kier molecular flexibility index (Phi) is 4.80. The van der Waals surface area contributed by atoms with Crippen molar-refractivity contribution in [3.63, 3.8) is 0 Å². The van der Waals surface area contributed by atoms with E-state index >= 15 is 0 Å². The van der Waals surface area contributed by atoms with Crippen LogP contribution in [0.2, 0.25) is 0 Å². The van der Waals surface area contributed by atoms with E-state index in [9.17, 15) is 4.79 Å². The number of rotatable bonds is 2. The SMILES string of the molecule is CCC(=O)C1CSCc2nc3ccccc3nc2CSC1. The number of hydrogen-bond donors (Lipinski definition) is 0. The van der Waals surface area contributed by atoms with Crippen molar-refractivity contribution < 1.29 is 4.79 Å². The summed E-state index contributed by atoms with van der Waals surface area (Å²) >= 11 is 3.62.